The Bertz CT molecular complexity index is 445. The lowest BCUT2D eigenvalue weighted by molar-refractivity contribution is -0.384. The van der Waals surface area contributed by atoms with Crippen LogP contribution < -0.4 is 11.1 Å². The van der Waals surface area contributed by atoms with Gasteiger partial charge >= 0.3 is 12.2 Å². The van der Waals surface area contributed by atoms with E-state index in [0.717, 1.165) is 6.07 Å². The van der Waals surface area contributed by atoms with E-state index in [2.05, 4.69) is 15.8 Å². The number of rotatable bonds is 2. The molecule has 3 N–H and O–H groups in total. The summed E-state index contributed by atoms with van der Waals surface area (Å²) < 4.78 is 3.97. The first kappa shape index (κ1) is 11.4. The topological polar surface area (TPSA) is 125 Å². The molecular formula is C8H7N3O5. The molecule has 0 fully saturated rings. The highest BCUT2D eigenvalue weighted by molar-refractivity contribution is 5.92. The Labute approximate surface area is 89.1 Å². The van der Waals surface area contributed by atoms with E-state index in [-0.39, 0.29) is 11.4 Å². The summed E-state index contributed by atoms with van der Waals surface area (Å²) in [6.45, 7) is 0. The average Bonchev–Trinajstić information content (AvgIpc) is 2.16. The molecule has 2 amide bonds. The molecule has 0 aromatic heterocycles. The maximum atomic E-state index is 10.9. The van der Waals surface area contributed by atoms with Crippen molar-refractivity contribution in [1.29, 1.82) is 0 Å². The minimum Gasteiger partial charge on any atom is -0.359 e. The lowest BCUT2D eigenvalue weighted by Crippen LogP contribution is -2.22. The summed E-state index contributed by atoms with van der Waals surface area (Å²) in [6.07, 6.45) is -2.36. The lowest BCUT2D eigenvalue weighted by Gasteiger charge is -2.02. The number of amides is 2. The van der Waals surface area contributed by atoms with Gasteiger partial charge in [0.15, 0.2) is 0 Å². The Balaban J connectivity index is 2.74. The average molecular weight is 225 g/mol. The number of carbonyl (C=O) groups is 2. The van der Waals surface area contributed by atoms with Gasteiger partial charge in [-0.25, -0.2) is 9.59 Å². The van der Waals surface area contributed by atoms with Gasteiger partial charge in [-0.2, -0.15) is 0 Å². The van der Waals surface area contributed by atoms with Crippen molar-refractivity contribution in [1.82, 2.24) is 0 Å². The molecule has 0 saturated carbocycles. The van der Waals surface area contributed by atoms with Crippen molar-refractivity contribution < 1.29 is 19.2 Å². The van der Waals surface area contributed by atoms with Crippen molar-refractivity contribution in [3.63, 3.8) is 0 Å². The zero-order valence-corrected chi connectivity index (χ0v) is 7.88. The number of nitro groups is 1. The number of hydrogen-bond acceptors (Lipinski definition) is 5. The third-order valence-corrected chi connectivity index (χ3v) is 1.50. The van der Waals surface area contributed by atoms with Gasteiger partial charge in [-0.1, -0.05) is 6.07 Å². The molecule has 0 saturated heterocycles. The van der Waals surface area contributed by atoms with Gasteiger partial charge in [0.1, 0.15) is 0 Å². The number of nitro benzene ring substituents is 1. The van der Waals surface area contributed by atoms with E-state index in [4.69, 9.17) is 0 Å². The number of primary amides is 1. The van der Waals surface area contributed by atoms with Crippen molar-refractivity contribution in [3.8, 4) is 0 Å². The first-order valence-electron chi connectivity index (χ1n) is 4.02. The normalized spacial score (nSPS) is 9.25. The molecule has 0 unspecified atom stereocenters. The molecule has 0 heterocycles. The summed E-state index contributed by atoms with van der Waals surface area (Å²) in [7, 11) is 0. The number of benzene rings is 1. The third kappa shape index (κ3) is 3.25. The van der Waals surface area contributed by atoms with Gasteiger partial charge in [-0.3, -0.25) is 15.4 Å². The molecule has 84 valence electrons. The van der Waals surface area contributed by atoms with E-state index in [0.29, 0.717) is 0 Å². The van der Waals surface area contributed by atoms with Crippen LogP contribution in [-0.4, -0.2) is 17.1 Å². The zero-order valence-electron chi connectivity index (χ0n) is 7.88. The van der Waals surface area contributed by atoms with E-state index in [9.17, 15) is 19.7 Å². The summed E-state index contributed by atoms with van der Waals surface area (Å²) in [4.78, 5) is 30.9. The predicted octanol–water partition coefficient (Wildman–Crippen LogP) is 1.22. The van der Waals surface area contributed by atoms with Gasteiger partial charge in [-0.15, -0.1) is 0 Å². The van der Waals surface area contributed by atoms with E-state index in [1.165, 1.54) is 18.2 Å². The molecule has 0 atom stereocenters. The minimum atomic E-state index is -1.26. The molecule has 1 aromatic carbocycles. The molecule has 1 aromatic rings. The van der Waals surface area contributed by atoms with Crippen LogP contribution in [0.3, 0.4) is 0 Å². The van der Waals surface area contributed by atoms with Crippen molar-refractivity contribution in [2.45, 2.75) is 0 Å². The summed E-state index contributed by atoms with van der Waals surface area (Å²) in [5, 5.41) is 12.5. The zero-order chi connectivity index (χ0) is 12.1. The fraction of sp³-hybridized carbons (Fsp3) is 0. The van der Waals surface area contributed by atoms with Gasteiger partial charge < -0.3 is 10.5 Å². The van der Waals surface area contributed by atoms with Gasteiger partial charge in [-0.05, 0) is 6.07 Å². The summed E-state index contributed by atoms with van der Waals surface area (Å²) in [6, 6.07) is 5.14. The van der Waals surface area contributed by atoms with Crippen LogP contribution in [0.25, 0.3) is 0 Å². The van der Waals surface area contributed by atoms with Crippen LogP contribution in [0.15, 0.2) is 24.3 Å². The number of nitrogens with zero attached hydrogens (tertiary/aromatic N) is 1. The molecule has 0 aliphatic heterocycles. The van der Waals surface area contributed by atoms with Crippen LogP contribution in [0, 0.1) is 10.1 Å². The number of ether oxygens (including phenoxy) is 1. The second-order valence-corrected chi connectivity index (χ2v) is 2.64. The smallest absolute Gasteiger partial charge is 0.359 e. The Hall–Kier alpha value is -2.64. The monoisotopic (exact) mass is 225 g/mol. The molecule has 0 aliphatic carbocycles. The highest BCUT2D eigenvalue weighted by Crippen LogP contribution is 2.16. The minimum absolute atomic E-state index is 0.125. The maximum absolute atomic E-state index is 10.9. The van der Waals surface area contributed by atoms with Crippen LogP contribution in [0.1, 0.15) is 0 Å². The fourth-order valence-corrected chi connectivity index (χ4v) is 0.932. The summed E-state index contributed by atoms with van der Waals surface area (Å²) in [5.41, 5.74) is 4.52. The van der Waals surface area contributed by atoms with Gasteiger partial charge in [0, 0.05) is 12.1 Å². The first-order chi connectivity index (χ1) is 7.49. The first-order valence-corrected chi connectivity index (χ1v) is 4.02. The van der Waals surface area contributed by atoms with E-state index >= 15 is 0 Å². The number of nitrogens with two attached hydrogens (primary N) is 1. The largest absolute Gasteiger partial charge is 0.420 e. The molecular weight excluding hydrogens is 218 g/mol. The van der Waals surface area contributed by atoms with Crippen molar-refractivity contribution in [3.05, 3.63) is 34.4 Å². The van der Waals surface area contributed by atoms with Crippen LogP contribution in [0.2, 0.25) is 0 Å². The van der Waals surface area contributed by atoms with Crippen LogP contribution >= 0.6 is 0 Å². The van der Waals surface area contributed by atoms with Gasteiger partial charge in [0.2, 0.25) is 0 Å². The number of carbonyl (C=O) groups excluding carboxylic acids is 2. The molecule has 0 bridgehead atoms. The Morgan fingerprint density at radius 3 is 2.69 bits per heavy atom. The predicted molar refractivity (Wildman–Crippen MR) is 52.8 cm³/mol. The van der Waals surface area contributed by atoms with E-state index < -0.39 is 17.1 Å². The van der Waals surface area contributed by atoms with Crippen molar-refractivity contribution in [2.24, 2.45) is 5.73 Å². The second-order valence-electron chi connectivity index (χ2n) is 2.64. The Morgan fingerprint density at radius 2 is 2.12 bits per heavy atom. The van der Waals surface area contributed by atoms with Crippen molar-refractivity contribution in [2.75, 3.05) is 5.32 Å². The molecule has 1 rings (SSSR count). The van der Waals surface area contributed by atoms with Crippen molar-refractivity contribution >= 4 is 23.6 Å². The van der Waals surface area contributed by atoms with E-state index in [1.807, 2.05) is 0 Å². The SMILES string of the molecule is NC(=O)OC(=O)Nc1cccc([N+](=O)[O-])c1. The standard InChI is InChI=1S/C8H7N3O5/c9-7(12)16-8(13)10-5-2-1-3-6(4-5)11(14)15/h1-4H,(H2,9,12)(H,10,13). The van der Waals surface area contributed by atoms with Gasteiger partial charge in [0.25, 0.3) is 5.69 Å². The second kappa shape index (κ2) is 4.73. The number of nitrogens with one attached hydrogen (secondary N) is 1. The molecule has 16 heavy (non-hydrogen) atoms. The number of non-ortho nitro benzene ring substituents is 1. The Morgan fingerprint density at radius 1 is 1.44 bits per heavy atom. The van der Waals surface area contributed by atoms with E-state index in [1.54, 1.807) is 0 Å². The third-order valence-electron chi connectivity index (χ3n) is 1.50. The highest BCUT2D eigenvalue weighted by Gasteiger charge is 2.10. The molecule has 8 nitrogen and oxygen atoms in total. The molecule has 0 radical (unpaired) electrons. The summed E-state index contributed by atoms with van der Waals surface area (Å²) >= 11 is 0. The summed E-state index contributed by atoms with van der Waals surface area (Å²) in [5.74, 6) is 0. The van der Waals surface area contributed by atoms with Crippen LogP contribution in [0.4, 0.5) is 21.0 Å². The Kier molecular flexibility index (Phi) is 3.38. The number of anilines is 1. The number of hydrogen-bond donors (Lipinski definition) is 2. The van der Waals surface area contributed by atoms with Gasteiger partial charge in [0.05, 0.1) is 10.6 Å². The quantitative estimate of drug-likeness (QED) is 0.444. The lowest BCUT2D eigenvalue weighted by atomic mass is 10.3. The molecule has 8 heteroatoms. The molecule has 0 spiro atoms. The maximum Gasteiger partial charge on any atom is 0.420 e. The van der Waals surface area contributed by atoms with Crippen LogP contribution in [-0.2, 0) is 4.74 Å². The fourth-order valence-electron chi connectivity index (χ4n) is 0.932. The van der Waals surface area contributed by atoms with Crippen LogP contribution in [0.5, 0.6) is 0 Å². The molecule has 0 aliphatic rings. The highest BCUT2D eigenvalue weighted by atomic mass is 16.6.